The van der Waals surface area contributed by atoms with Gasteiger partial charge in [0.05, 0.1) is 0 Å². The van der Waals surface area contributed by atoms with Crippen molar-refractivity contribution in [2.45, 2.75) is 38.1 Å². The van der Waals surface area contributed by atoms with Crippen LogP contribution in [0.2, 0.25) is 25.7 Å². The molecule has 0 saturated carbocycles. The maximum atomic E-state index is 12.6. The highest BCUT2D eigenvalue weighted by molar-refractivity contribution is 6.76. The van der Waals surface area contributed by atoms with Gasteiger partial charge in [0.15, 0.2) is 0 Å². The number of phenols is 1. The Kier molecular flexibility index (Phi) is 4.81. The van der Waals surface area contributed by atoms with Crippen LogP contribution < -0.4 is 5.32 Å². The van der Waals surface area contributed by atoms with E-state index in [9.17, 15) is 14.7 Å². The van der Waals surface area contributed by atoms with Crippen molar-refractivity contribution in [3.8, 4) is 5.75 Å². The van der Waals surface area contributed by atoms with Crippen molar-refractivity contribution in [3.05, 3.63) is 29.8 Å². The zero-order valence-corrected chi connectivity index (χ0v) is 15.0. The Hall–Kier alpha value is -1.86. The lowest BCUT2D eigenvalue weighted by molar-refractivity contribution is -0.134. The summed E-state index contributed by atoms with van der Waals surface area (Å²) in [5.74, 6) is -0.234. The minimum Gasteiger partial charge on any atom is -0.508 e. The average molecular weight is 336 g/mol. The van der Waals surface area contributed by atoms with Gasteiger partial charge in [-0.2, -0.15) is 0 Å². The molecule has 1 heterocycles. The lowest BCUT2D eigenvalue weighted by atomic mass is 9.92. The monoisotopic (exact) mass is 336 g/mol. The first kappa shape index (κ1) is 17.5. The third-order valence-corrected chi connectivity index (χ3v) is 5.64. The van der Waals surface area contributed by atoms with Crippen LogP contribution in [0, 0.1) is 0 Å². The maximum absolute atomic E-state index is 12.6. The summed E-state index contributed by atoms with van der Waals surface area (Å²) in [7, 11) is -1.21. The molecule has 0 radical (unpaired) electrons. The number of nitrogens with one attached hydrogen (secondary N) is 1. The zero-order chi connectivity index (χ0) is 17.3. The van der Waals surface area contributed by atoms with Gasteiger partial charge in [-0.15, -0.1) is 0 Å². The number of imide groups is 1. The molecule has 1 aromatic rings. The van der Waals surface area contributed by atoms with Crippen molar-refractivity contribution >= 4 is 20.0 Å². The fourth-order valence-electron chi connectivity index (χ4n) is 2.34. The molecule has 0 unspecified atom stereocenters. The molecule has 1 saturated heterocycles. The van der Waals surface area contributed by atoms with E-state index >= 15 is 0 Å². The lowest BCUT2D eigenvalue weighted by Crippen LogP contribution is -2.41. The minimum atomic E-state index is -1.21. The first-order valence-corrected chi connectivity index (χ1v) is 11.4. The number of phenolic OH excluding ortho intramolecular Hbond substituents is 1. The molecule has 1 aromatic carbocycles. The second-order valence-corrected chi connectivity index (χ2v) is 12.8. The summed E-state index contributed by atoms with van der Waals surface area (Å²) in [6.07, 6.45) is 0. The molecule has 0 spiro atoms. The summed E-state index contributed by atoms with van der Waals surface area (Å²) in [5.41, 5.74) is -0.509. The van der Waals surface area contributed by atoms with Gasteiger partial charge in [-0.25, -0.2) is 9.69 Å². The summed E-state index contributed by atoms with van der Waals surface area (Å²) >= 11 is 0. The van der Waals surface area contributed by atoms with Gasteiger partial charge in [0, 0.05) is 14.7 Å². The van der Waals surface area contributed by atoms with Crippen LogP contribution in [0.15, 0.2) is 24.3 Å². The van der Waals surface area contributed by atoms with Gasteiger partial charge in [0.1, 0.15) is 18.0 Å². The van der Waals surface area contributed by atoms with Gasteiger partial charge in [-0.1, -0.05) is 31.8 Å². The summed E-state index contributed by atoms with van der Waals surface area (Å²) in [6.45, 7) is 8.89. The van der Waals surface area contributed by atoms with Crippen molar-refractivity contribution in [2.75, 3.05) is 13.3 Å². The van der Waals surface area contributed by atoms with E-state index in [1.807, 2.05) is 0 Å². The third kappa shape index (κ3) is 3.91. The Morgan fingerprint density at radius 3 is 2.39 bits per heavy atom. The molecule has 2 rings (SSSR count). The molecular weight excluding hydrogens is 312 g/mol. The number of urea groups is 1. The lowest BCUT2D eigenvalue weighted by Gasteiger charge is -2.22. The zero-order valence-electron chi connectivity index (χ0n) is 14.0. The molecule has 0 aliphatic carbocycles. The van der Waals surface area contributed by atoms with Crippen LogP contribution in [0.3, 0.4) is 0 Å². The number of ether oxygens (including phenoxy) is 1. The van der Waals surface area contributed by atoms with Gasteiger partial charge < -0.3 is 15.2 Å². The standard InChI is InChI=1S/C16H24N2O4Si/c1-16(12-5-7-13(19)8-6-12)14(20)18(15(21)17-16)11-22-9-10-23(2,3)4/h5-8,19H,9-11H2,1-4H3,(H,17,21)/t16-/m0/s1. The van der Waals surface area contributed by atoms with Gasteiger partial charge in [-0.3, -0.25) is 4.79 Å². The van der Waals surface area contributed by atoms with Crippen molar-refractivity contribution in [3.63, 3.8) is 0 Å². The highest BCUT2D eigenvalue weighted by atomic mass is 28.3. The number of carbonyl (C=O) groups is 2. The Balaban J connectivity index is 2.03. The van der Waals surface area contributed by atoms with Crippen LogP contribution in [0.1, 0.15) is 12.5 Å². The summed E-state index contributed by atoms with van der Waals surface area (Å²) in [4.78, 5) is 25.8. The quantitative estimate of drug-likeness (QED) is 0.475. The number of nitrogens with zero attached hydrogens (tertiary/aromatic N) is 1. The molecule has 2 N–H and O–H groups in total. The topological polar surface area (TPSA) is 78.9 Å². The SMILES string of the molecule is C[C@@]1(c2ccc(O)cc2)NC(=O)N(COCC[Si](C)(C)C)C1=O. The summed E-state index contributed by atoms with van der Waals surface area (Å²) < 4.78 is 5.52. The van der Waals surface area contributed by atoms with Crippen LogP contribution in [-0.4, -0.2) is 43.4 Å². The molecular formula is C16H24N2O4Si. The predicted molar refractivity (Wildman–Crippen MR) is 89.8 cm³/mol. The van der Waals surface area contributed by atoms with E-state index in [4.69, 9.17) is 4.74 Å². The predicted octanol–water partition coefficient (Wildman–Crippen LogP) is 2.47. The Morgan fingerprint density at radius 2 is 1.83 bits per heavy atom. The normalized spacial score (nSPS) is 21.7. The number of benzene rings is 1. The van der Waals surface area contributed by atoms with E-state index in [-0.39, 0.29) is 18.4 Å². The molecule has 0 bridgehead atoms. The third-order valence-electron chi connectivity index (χ3n) is 3.94. The van der Waals surface area contributed by atoms with Gasteiger partial charge in [0.25, 0.3) is 5.91 Å². The number of aromatic hydroxyl groups is 1. The van der Waals surface area contributed by atoms with Gasteiger partial charge in [0.2, 0.25) is 0 Å². The van der Waals surface area contributed by atoms with Crippen molar-refractivity contribution in [1.82, 2.24) is 10.2 Å². The molecule has 0 aromatic heterocycles. The summed E-state index contributed by atoms with van der Waals surface area (Å²) in [5, 5.41) is 12.1. The highest BCUT2D eigenvalue weighted by Gasteiger charge is 2.49. The first-order valence-electron chi connectivity index (χ1n) is 7.65. The Morgan fingerprint density at radius 1 is 1.22 bits per heavy atom. The average Bonchev–Trinajstić information content (AvgIpc) is 2.66. The maximum Gasteiger partial charge on any atom is 0.327 e. The second kappa shape index (κ2) is 6.33. The Labute approximate surface area is 137 Å². The molecule has 23 heavy (non-hydrogen) atoms. The molecule has 1 fully saturated rings. The largest absolute Gasteiger partial charge is 0.508 e. The number of carbonyl (C=O) groups excluding carboxylic acids is 2. The van der Waals surface area contributed by atoms with E-state index < -0.39 is 19.6 Å². The second-order valence-electron chi connectivity index (χ2n) is 7.18. The number of hydrogen-bond acceptors (Lipinski definition) is 4. The van der Waals surface area contributed by atoms with E-state index in [2.05, 4.69) is 25.0 Å². The number of amides is 3. The fourth-order valence-corrected chi connectivity index (χ4v) is 3.10. The molecule has 1 atom stereocenters. The molecule has 3 amide bonds. The van der Waals surface area contributed by atoms with Crippen molar-refractivity contribution < 1.29 is 19.4 Å². The number of rotatable bonds is 6. The fraction of sp³-hybridized carbons (Fsp3) is 0.500. The molecule has 1 aliphatic rings. The molecule has 7 heteroatoms. The Bertz CT molecular complexity index is 597. The van der Waals surface area contributed by atoms with Crippen LogP contribution in [0.4, 0.5) is 4.79 Å². The van der Waals surface area contributed by atoms with E-state index in [0.717, 1.165) is 10.9 Å². The highest BCUT2D eigenvalue weighted by Crippen LogP contribution is 2.29. The van der Waals surface area contributed by atoms with Crippen molar-refractivity contribution in [1.29, 1.82) is 0 Å². The molecule has 1 aliphatic heterocycles. The molecule has 6 nitrogen and oxygen atoms in total. The molecule has 126 valence electrons. The van der Waals surface area contributed by atoms with Crippen LogP contribution in [-0.2, 0) is 15.1 Å². The number of hydrogen-bond donors (Lipinski definition) is 2. The summed E-state index contributed by atoms with van der Waals surface area (Å²) in [6, 6.07) is 6.76. The van der Waals surface area contributed by atoms with Crippen LogP contribution in [0.5, 0.6) is 5.75 Å². The van der Waals surface area contributed by atoms with Crippen LogP contribution in [0.25, 0.3) is 0 Å². The smallest absolute Gasteiger partial charge is 0.327 e. The van der Waals surface area contributed by atoms with Crippen molar-refractivity contribution in [2.24, 2.45) is 0 Å². The van der Waals surface area contributed by atoms with Crippen LogP contribution >= 0.6 is 0 Å². The first-order chi connectivity index (χ1) is 10.6. The van der Waals surface area contributed by atoms with E-state index in [1.165, 1.54) is 12.1 Å². The van der Waals surface area contributed by atoms with E-state index in [1.54, 1.807) is 19.1 Å². The van der Waals surface area contributed by atoms with E-state index in [0.29, 0.717) is 12.2 Å². The van der Waals surface area contributed by atoms with Gasteiger partial charge >= 0.3 is 6.03 Å². The van der Waals surface area contributed by atoms with Gasteiger partial charge in [-0.05, 0) is 30.7 Å². The minimum absolute atomic E-state index is 0.0389.